The number of hydrogen-bond donors (Lipinski definition) is 2. The first-order chi connectivity index (χ1) is 11.2. The van der Waals surface area contributed by atoms with Crippen LogP contribution in [0.25, 0.3) is 10.4 Å². The Morgan fingerprint density at radius 3 is 2.75 bits per heavy atom. The number of thiophene rings is 1. The number of halogens is 1. The van der Waals surface area contributed by atoms with Crippen LogP contribution in [0.15, 0.2) is 36.4 Å². The lowest BCUT2D eigenvalue weighted by molar-refractivity contribution is 0.0916. The van der Waals surface area contributed by atoms with E-state index in [1.54, 1.807) is 7.11 Å². The fourth-order valence-corrected chi connectivity index (χ4v) is 3.88. The summed E-state index contributed by atoms with van der Waals surface area (Å²) < 4.78 is 5.42. The number of methoxy groups -OCH3 is 1. The molecule has 1 saturated heterocycles. The van der Waals surface area contributed by atoms with E-state index >= 15 is 0 Å². The zero-order valence-electron chi connectivity index (χ0n) is 13.9. The van der Waals surface area contributed by atoms with E-state index in [0.717, 1.165) is 30.0 Å². The highest BCUT2D eigenvalue weighted by atomic mass is 35.5. The molecule has 2 aromatic rings. The van der Waals surface area contributed by atoms with Crippen molar-refractivity contribution < 1.29 is 9.53 Å². The molecule has 1 amide bonds. The van der Waals surface area contributed by atoms with Crippen molar-refractivity contribution in [3.63, 3.8) is 0 Å². The van der Waals surface area contributed by atoms with Gasteiger partial charge in [0, 0.05) is 17.5 Å². The molecule has 130 valence electrons. The average Bonchev–Trinajstić information content (AvgIpc) is 3.02. The molecule has 0 radical (unpaired) electrons. The molecule has 1 aliphatic heterocycles. The molecule has 1 aliphatic rings. The Bertz CT molecular complexity index is 675. The first kappa shape index (κ1) is 18.8. The Morgan fingerprint density at radius 2 is 2.08 bits per heavy atom. The summed E-state index contributed by atoms with van der Waals surface area (Å²) in [5, 5.41) is 6.49. The van der Waals surface area contributed by atoms with Gasteiger partial charge < -0.3 is 15.4 Å². The first-order valence-corrected chi connectivity index (χ1v) is 8.75. The normalized spacial score (nSPS) is 20.1. The van der Waals surface area contributed by atoms with Gasteiger partial charge >= 0.3 is 0 Å². The summed E-state index contributed by atoms with van der Waals surface area (Å²) in [6.45, 7) is 4.03. The van der Waals surface area contributed by atoms with Crippen molar-refractivity contribution in [1.29, 1.82) is 0 Å². The third-order valence-electron chi connectivity index (χ3n) is 4.33. The van der Waals surface area contributed by atoms with Gasteiger partial charge in [-0.15, -0.1) is 23.7 Å². The second kappa shape index (κ2) is 8.51. The third kappa shape index (κ3) is 4.09. The van der Waals surface area contributed by atoms with Crippen LogP contribution < -0.4 is 15.4 Å². The summed E-state index contributed by atoms with van der Waals surface area (Å²) >= 11 is 1.48. The van der Waals surface area contributed by atoms with Crippen molar-refractivity contribution >= 4 is 29.7 Å². The summed E-state index contributed by atoms with van der Waals surface area (Å²) in [5.41, 5.74) is 1.10. The summed E-state index contributed by atoms with van der Waals surface area (Å²) in [7, 11) is 1.61. The number of amides is 1. The predicted molar refractivity (Wildman–Crippen MR) is 101 cm³/mol. The van der Waals surface area contributed by atoms with E-state index in [1.807, 2.05) is 36.4 Å². The maximum Gasteiger partial charge on any atom is 0.265 e. The van der Waals surface area contributed by atoms with Gasteiger partial charge in [0.15, 0.2) is 0 Å². The molecule has 0 spiro atoms. The molecule has 6 heteroatoms. The van der Waals surface area contributed by atoms with Gasteiger partial charge in [-0.05, 0) is 30.5 Å². The second-order valence-corrected chi connectivity index (χ2v) is 6.98. The largest absolute Gasteiger partial charge is 0.495 e. The van der Waals surface area contributed by atoms with E-state index in [9.17, 15) is 4.79 Å². The van der Waals surface area contributed by atoms with Gasteiger partial charge in [0.25, 0.3) is 5.91 Å². The van der Waals surface area contributed by atoms with Gasteiger partial charge in [-0.1, -0.05) is 37.3 Å². The van der Waals surface area contributed by atoms with Crippen molar-refractivity contribution in [2.45, 2.75) is 19.4 Å². The van der Waals surface area contributed by atoms with Crippen LogP contribution in [-0.2, 0) is 0 Å². The second-order valence-electron chi connectivity index (χ2n) is 5.92. The van der Waals surface area contributed by atoms with Crippen LogP contribution in [0.5, 0.6) is 5.75 Å². The standard InChI is InChI=1S/C18H22N2O2S.ClH/c1-12-8-9-19-11-14(12)20-18(21)17-15(22-2)10-16(23-17)13-6-4-3-5-7-13;/h3-7,10,12,14,19H,8-9,11H2,1-2H3,(H,20,21);1H. The van der Waals surface area contributed by atoms with Crippen LogP contribution in [0.2, 0.25) is 0 Å². The molecule has 1 aromatic carbocycles. The molecule has 4 nitrogen and oxygen atoms in total. The summed E-state index contributed by atoms with van der Waals surface area (Å²) in [6.07, 6.45) is 1.09. The van der Waals surface area contributed by atoms with E-state index in [0.29, 0.717) is 16.5 Å². The van der Waals surface area contributed by atoms with Crippen molar-refractivity contribution in [3.8, 4) is 16.2 Å². The Kier molecular flexibility index (Phi) is 6.66. The lowest BCUT2D eigenvalue weighted by atomic mass is 9.95. The van der Waals surface area contributed by atoms with Crippen LogP contribution in [0.1, 0.15) is 23.0 Å². The van der Waals surface area contributed by atoms with Gasteiger partial charge in [0.2, 0.25) is 0 Å². The minimum absolute atomic E-state index is 0. The molecule has 24 heavy (non-hydrogen) atoms. The van der Waals surface area contributed by atoms with Gasteiger partial charge in [-0.3, -0.25) is 4.79 Å². The van der Waals surface area contributed by atoms with Gasteiger partial charge in [-0.2, -0.15) is 0 Å². The Hall–Kier alpha value is -1.56. The highest BCUT2D eigenvalue weighted by Crippen LogP contribution is 2.36. The van der Waals surface area contributed by atoms with Crippen LogP contribution in [-0.4, -0.2) is 32.1 Å². The number of piperidine rings is 1. The molecular formula is C18H23ClN2O2S. The number of carbonyl (C=O) groups is 1. The molecule has 0 bridgehead atoms. The fraction of sp³-hybridized carbons (Fsp3) is 0.389. The molecule has 2 atom stereocenters. The van der Waals surface area contributed by atoms with Crippen LogP contribution in [0.3, 0.4) is 0 Å². The van der Waals surface area contributed by atoms with E-state index < -0.39 is 0 Å². The zero-order valence-corrected chi connectivity index (χ0v) is 15.5. The first-order valence-electron chi connectivity index (χ1n) is 7.94. The van der Waals surface area contributed by atoms with Crippen molar-refractivity contribution in [2.75, 3.05) is 20.2 Å². The SMILES string of the molecule is COc1cc(-c2ccccc2)sc1C(=O)NC1CNCCC1C.Cl. The van der Waals surface area contributed by atoms with Crippen molar-refractivity contribution in [2.24, 2.45) is 5.92 Å². The van der Waals surface area contributed by atoms with Crippen LogP contribution >= 0.6 is 23.7 Å². The third-order valence-corrected chi connectivity index (χ3v) is 5.49. The number of ether oxygens (including phenoxy) is 1. The summed E-state index contributed by atoms with van der Waals surface area (Å²) in [5.74, 6) is 1.08. The Morgan fingerprint density at radius 1 is 1.33 bits per heavy atom. The molecule has 2 heterocycles. The van der Waals surface area contributed by atoms with E-state index in [4.69, 9.17) is 4.74 Å². The Balaban J connectivity index is 0.00000208. The smallest absolute Gasteiger partial charge is 0.265 e. The number of benzene rings is 1. The number of carbonyl (C=O) groups excluding carboxylic acids is 1. The molecule has 1 fully saturated rings. The van der Waals surface area contributed by atoms with Crippen LogP contribution in [0.4, 0.5) is 0 Å². The zero-order chi connectivity index (χ0) is 16.2. The molecular weight excluding hydrogens is 344 g/mol. The van der Waals surface area contributed by atoms with Crippen molar-refractivity contribution in [3.05, 3.63) is 41.3 Å². The fourth-order valence-electron chi connectivity index (χ4n) is 2.85. The van der Waals surface area contributed by atoms with Crippen molar-refractivity contribution in [1.82, 2.24) is 10.6 Å². The minimum atomic E-state index is -0.0467. The maximum atomic E-state index is 12.7. The van der Waals surface area contributed by atoms with Gasteiger partial charge in [-0.25, -0.2) is 0 Å². The molecule has 2 N–H and O–H groups in total. The van der Waals surface area contributed by atoms with E-state index in [-0.39, 0.29) is 24.4 Å². The highest BCUT2D eigenvalue weighted by Gasteiger charge is 2.25. The highest BCUT2D eigenvalue weighted by molar-refractivity contribution is 7.17. The summed E-state index contributed by atoms with van der Waals surface area (Å²) in [6, 6.07) is 12.2. The maximum absolute atomic E-state index is 12.7. The number of nitrogens with one attached hydrogen (secondary N) is 2. The quantitative estimate of drug-likeness (QED) is 0.869. The van der Waals surface area contributed by atoms with Crippen LogP contribution in [0, 0.1) is 5.92 Å². The van der Waals surface area contributed by atoms with Gasteiger partial charge in [0.1, 0.15) is 10.6 Å². The molecule has 3 rings (SSSR count). The molecule has 0 saturated carbocycles. The summed E-state index contributed by atoms with van der Waals surface area (Å²) in [4.78, 5) is 14.4. The molecule has 1 aromatic heterocycles. The van der Waals surface area contributed by atoms with Gasteiger partial charge in [0.05, 0.1) is 7.11 Å². The molecule has 0 aliphatic carbocycles. The lowest BCUT2D eigenvalue weighted by Gasteiger charge is -2.30. The monoisotopic (exact) mass is 366 g/mol. The molecule has 2 unspecified atom stereocenters. The van der Waals surface area contributed by atoms with E-state index in [1.165, 1.54) is 11.3 Å². The number of rotatable bonds is 4. The predicted octanol–water partition coefficient (Wildman–Crippen LogP) is 3.57. The minimum Gasteiger partial charge on any atom is -0.495 e. The Labute approximate surface area is 153 Å². The topological polar surface area (TPSA) is 50.4 Å². The number of hydrogen-bond acceptors (Lipinski definition) is 4. The van der Waals surface area contributed by atoms with E-state index in [2.05, 4.69) is 17.6 Å². The average molecular weight is 367 g/mol. The lowest BCUT2D eigenvalue weighted by Crippen LogP contribution is -2.50.